The number of thiophene rings is 1. The molecule has 2 aromatic heterocycles. The molecule has 31 heavy (non-hydrogen) atoms. The molecule has 0 spiro atoms. The van der Waals surface area contributed by atoms with E-state index in [2.05, 4.69) is 54.7 Å². The highest BCUT2D eigenvalue weighted by Gasteiger charge is 2.23. The lowest BCUT2D eigenvalue weighted by Gasteiger charge is -2.28. The van der Waals surface area contributed by atoms with Gasteiger partial charge in [-0.2, -0.15) is 0 Å². The van der Waals surface area contributed by atoms with Crippen molar-refractivity contribution in [1.29, 1.82) is 0 Å². The number of ketones is 1. The number of carbonyl (C=O) groups is 1. The van der Waals surface area contributed by atoms with Crippen molar-refractivity contribution < 1.29 is 9.53 Å². The number of nitrogens with zero attached hydrogens (tertiary/aromatic N) is 4. The number of aryl methyl sites for hydroxylation is 1. The Kier molecular flexibility index (Phi) is 9.13. The van der Waals surface area contributed by atoms with Crippen molar-refractivity contribution in [2.75, 3.05) is 37.0 Å². The zero-order chi connectivity index (χ0) is 22.2. The molecule has 0 atom stereocenters. The number of halogens is 1. The highest BCUT2D eigenvalue weighted by molar-refractivity contribution is 9.11. The molecule has 3 heterocycles. The third kappa shape index (κ3) is 5.77. The van der Waals surface area contributed by atoms with Gasteiger partial charge >= 0.3 is 0 Å². The summed E-state index contributed by atoms with van der Waals surface area (Å²) in [6.45, 7) is 9.05. The molecule has 3 aromatic rings. The fraction of sp³-hybridized carbons (Fsp3) is 0.409. The number of carbonyl (C=O) groups excluding carboxylic acids is 1. The molecule has 9 heteroatoms. The van der Waals surface area contributed by atoms with Gasteiger partial charge in [0.15, 0.2) is 10.9 Å². The van der Waals surface area contributed by atoms with Gasteiger partial charge in [-0.1, -0.05) is 50.7 Å². The summed E-state index contributed by atoms with van der Waals surface area (Å²) >= 11 is 6.30. The third-order valence-corrected chi connectivity index (χ3v) is 7.30. The SMILES string of the molecule is CC.CCc1ccccc1-n1c(SCC(=O)c2ccc(Br)s2)nnc1N1CCOCC1. The van der Waals surface area contributed by atoms with Crippen LogP contribution in [0.5, 0.6) is 0 Å². The second-order valence-corrected chi connectivity index (χ2v) is 9.92. The van der Waals surface area contributed by atoms with Gasteiger partial charge in [0.2, 0.25) is 5.95 Å². The molecule has 0 bridgehead atoms. The Morgan fingerprint density at radius 1 is 1.16 bits per heavy atom. The highest BCUT2D eigenvalue weighted by atomic mass is 79.9. The topological polar surface area (TPSA) is 60.2 Å². The fourth-order valence-electron chi connectivity index (χ4n) is 3.23. The van der Waals surface area contributed by atoms with E-state index in [-0.39, 0.29) is 5.78 Å². The Balaban J connectivity index is 0.00000132. The van der Waals surface area contributed by atoms with Gasteiger partial charge < -0.3 is 9.64 Å². The number of thioether (sulfide) groups is 1. The molecule has 0 aliphatic carbocycles. The first-order valence-electron chi connectivity index (χ1n) is 10.4. The molecule has 166 valence electrons. The lowest BCUT2D eigenvalue weighted by Crippen LogP contribution is -2.38. The maximum atomic E-state index is 12.6. The minimum Gasteiger partial charge on any atom is -0.378 e. The molecule has 1 fully saturated rings. The van der Waals surface area contributed by atoms with E-state index in [0.29, 0.717) is 19.0 Å². The Labute approximate surface area is 200 Å². The molecule has 1 aromatic carbocycles. The number of rotatable bonds is 7. The molecule has 1 aliphatic heterocycles. The van der Waals surface area contributed by atoms with Crippen LogP contribution in [0.25, 0.3) is 5.69 Å². The number of hydrogen-bond acceptors (Lipinski definition) is 7. The average molecular weight is 524 g/mol. The van der Waals surface area contributed by atoms with E-state index in [1.165, 1.54) is 28.7 Å². The molecule has 4 rings (SSSR count). The van der Waals surface area contributed by atoms with Crippen LogP contribution >= 0.6 is 39.0 Å². The van der Waals surface area contributed by atoms with Crippen molar-refractivity contribution in [3.63, 3.8) is 0 Å². The first kappa shape index (κ1) is 24.0. The lowest BCUT2D eigenvalue weighted by molar-refractivity contribution is 0.102. The number of anilines is 1. The summed E-state index contributed by atoms with van der Waals surface area (Å²) in [5.74, 6) is 1.22. The first-order valence-corrected chi connectivity index (χ1v) is 13.0. The van der Waals surface area contributed by atoms with E-state index in [0.717, 1.165) is 45.0 Å². The smallest absolute Gasteiger partial charge is 0.232 e. The summed E-state index contributed by atoms with van der Waals surface area (Å²) in [4.78, 5) is 15.5. The minimum absolute atomic E-state index is 0.0944. The van der Waals surface area contributed by atoms with Gasteiger partial charge in [-0.3, -0.25) is 9.36 Å². The number of aromatic nitrogens is 3. The Morgan fingerprint density at radius 2 is 1.90 bits per heavy atom. The van der Waals surface area contributed by atoms with E-state index in [1.54, 1.807) is 0 Å². The molecule has 0 N–H and O–H groups in total. The van der Waals surface area contributed by atoms with Gasteiger partial charge in [-0.05, 0) is 46.1 Å². The summed E-state index contributed by atoms with van der Waals surface area (Å²) < 4.78 is 8.55. The maximum absolute atomic E-state index is 12.6. The monoisotopic (exact) mass is 522 g/mol. The van der Waals surface area contributed by atoms with Crippen molar-refractivity contribution in [3.05, 3.63) is 50.6 Å². The zero-order valence-electron chi connectivity index (χ0n) is 18.0. The molecular formula is C22H27BrN4O2S2. The van der Waals surface area contributed by atoms with Crippen LogP contribution in [-0.4, -0.2) is 52.6 Å². The Hall–Kier alpha value is -1.68. The molecule has 1 saturated heterocycles. The van der Waals surface area contributed by atoms with Crippen LogP contribution in [-0.2, 0) is 11.2 Å². The Bertz CT molecular complexity index is 999. The number of hydrogen-bond donors (Lipinski definition) is 0. The van der Waals surface area contributed by atoms with Crippen LogP contribution in [0, 0.1) is 0 Å². The molecule has 0 radical (unpaired) electrons. The van der Waals surface area contributed by atoms with Gasteiger partial charge in [0.05, 0.1) is 33.3 Å². The van der Waals surface area contributed by atoms with Crippen LogP contribution in [0.4, 0.5) is 5.95 Å². The van der Waals surface area contributed by atoms with Crippen molar-refractivity contribution in [1.82, 2.24) is 14.8 Å². The predicted molar refractivity (Wildman–Crippen MR) is 132 cm³/mol. The van der Waals surface area contributed by atoms with Gasteiger partial charge in [0, 0.05) is 13.1 Å². The molecule has 0 unspecified atom stereocenters. The summed E-state index contributed by atoms with van der Waals surface area (Å²) in [6.07, 6.45) is 0.906. The van der Waals surface area contributed by atoms with E-state index in [4.69, 9.17) is 4.74 Å². The number of morpholine rings is 1. The normalized spacial score (nSPS) is 13.6. The number of para-hydroxylation sites is 1. The van der Waals surface area contributed by atoms with Gasteiger partial charge in [-0.25, -0.2) is 0 Å². The van der Waals surface area contributed by atoms with E-state index in [9.17, 15) is 4.79 Å². The van der Waals surface area contributed by atoms with E-state index >= 15 is 0 Å². The fourth-order valence-corrected chi connectivity index (χ4v) is 5.47. The van der Waals surface area contributed by atoms with E-state index < -0.39 is 0 Å². The quantitative estimate of drug-likeness (QED) is 0.302. The average Bonchev–Trinajstić information content (AvgIpc) is 3.45. The second kappa shape index (κ2) is 11.8. The number of ether oxygens (including phenoxy) is 1. The van der Waals surface area contributed by atoms with Crippen LogP contribution in [0.3, 0.4) is 0 Å². The summed E-state index contributed by atoms with van der Waals surface area (Å²) in [5.41, 5.74) is 2.28. The van der Waals surface area contributed by atoms with Gasteiger partial charge in [0.25, 0.3) is 0 Å². The van der Waals surface area contributed by atoms with Crippen LogP contribution < -0.4 is 4.90 Å². The van der Waals surface area contributed by atoms with Crippen LogP contribution in [0.2, 0.25) is 0 Å². The second-order valence-electron chi connectivity index (χ2n) is 6.52. The molecule has 6 nitrogen and oxygen atoms in total. The number of Topliss-reactive ketones (excluding diaryl/α,β-unsaturated/α-hetero) is 1. The largest absolute Gasteiger partial charge is 0.378 e. The van der Waals surface area contributed by atoms with Crippen LogP contribution in [0.1, 0.15) is 36.0 Å². The molecule has 1 aliphatic rings. The summed E-state index contributed by atoms with van der Waals surface area (Å²) in [7, 11) is 0. The molecular weight excluding hydrogens is 496 g/mol. The van der Waals surface area contributed by atoms with Gasteiger partial charge in [-0.15, -0.1) is 21.5 Å². The predicted octanol–water partition coefficient (Wildman–Crippen LogP) is 5.49. The van der Waals surface area contributed by atoms with Gasteiger partial charge in [0.1, 0.15) is 0 Å². The molecule has 0 saturated carbocycles. The van der Waals surface area contributed by atoms with Crippen molar-refractivity contribution in [3.8, 4) is 5.69 Å². The summed E-state index contributed by atoms with van der Waals surface area (Å²) in [5, 5.41) is 9.67. The Morgan fingerprint density at radius 3 is 2.58 bits per heavy atom. The third-order valence-electron chi connectivity index (χ3n) is 4.70. The summed E-state index contributed by atoms with van der Waals surface area (Å²) in [6, 6.07) is 12.1. The minimum atomic E-state index is 0.0944. The van der Waals surface area contributed by atoms with Crippen molar-refractivity contribution >= 4 is 50.8 Å². The lowest BCUT2D eigenvalue weighted by atomic mass is 10.1. The van der Waals surface area contributed by atoms with Crippen LogP contribution in [0.15, 0.2) is 45.3 Å². The van der Waals surface area contributed by atoms with E-state index in [1.807, 2.05) is 38.1 Å². The maximum Gasteiger partial charge on any atom is 0.232 e. The highest BCUT2D eigenvalue weighted by Crippen LogP contribution is 2.30. The first-order chi connectivity index (χ1) is 15.2. The zero-order valence-corrected chi connectivity index (χ0v) is 21.2. The molecule has 0 amide bonds. The standard InChI is InChI=1S/C20H21BrN4O2S2.C2H6/c1-2-14-5-3-4-6-15(14)25-19(24-9-11-27-12-10-24)22-23-20(25)28-13-16(26)17-7-8-18(21)29-17;1-2/h3-8H,2,9-13H2,1H3;1-2H3. The van der Waals surface area contributed by atoms with Crippen molar-refractivity contribution in [2.45, 2.75) is 32.3 Å². The number of benzene rings is 1. The van der Waals surface area contributed by atoms with Crippen molar-refractivity contribution in [2.24, 2.45) is 0 Å².